The summed E-state index contributed by atoms with van der Waals surface area (Å²) < 4.78 is 5.35. The molecule has 2 N–H and O–H groups in total. The van der Waals surface area contributed by atoms with Crippen molar-refractivity contribution in [2.24, 2.45) is 4.99 Å². The van der Waals surface area contributed by atoms with E-state index in [1.165, 1.54) is 4.88 Å². The van der Waals surface area contributed by atoms with Crippen LogP contribution < -0.4 is 10.6 Å². The number of halogens is 1. The molecule has 1 atom stereocenters. The van der Waals surface area contributed by atoms with Crippen molar-refractivity contribution in [3.8, 4) is 0 Å². The van der Waals surface area contributed by atoms with E-state index in [4.69, 9.17) is 4.42 Å². The molecule has 138 valence electrons. The maximum Gasteiger partial charge on any atom is 0.191 e. The third kappa shape index (κ3) is 8.04. The Morgan fingerprint density at radius 1 is 1.44 bits per heavy atom. The van der Waals surface area contributed by atoms with E-state index in [9.17, 15) is 0 Å². The van der Waals surface area contributed by atoms with Crippen LogP contribution in [0, 0.1) is 6.92 Å². The highest BCUT2D eigenvalue weighted by Gasteiger charge is 2.09. The summed E-state index contributed by atoms with van der Waals surface area (Å²) in [6, 6.07) is 3.88. The monoisotopic (exact) mass is 474 g/mol. The summed E-state index contributed by atoms with van der Waals surface area (Å²) in [5.74, 6) is 2.07. The Morgan fingerprint density at radius 2 is 2.24 bits per heavy atom. The number of furan rings is 1. The lowest BCUT2D eigenvalue weighted by atomic mass is 10.2. The number of guanidine groups is 1. The summed E-state index contributed by atoms with van der Waals surface area (Å²) in [5, 5.41) is 7.78. The van der Waals surface area contributed by atoms with Crippen molar-refractivity contribution in [1.29, 1.82) is 0 Å². The van der Waals surface area contributed by atoms with Gasteiger partial charge in [-0.15, -0.1) is 35.3 Å². The van der Waals surface area contributed by atoms with Gasteiger partial charge >= 0.3 is 0 Å². The quantitative estimate of drug-likeness (QED) is 0.262. The van der Waals surface area contributed by atoms with E-state index in [2.05, 4.69) is 41.0 Å². The molecule has 0 fully saturated rings. The molecule has 0 radical (unpaired) electrons. The predicted molar refractivity (Wildman–Crippen MR) is 116 cm³/mol. The highest BCUT2D eigenvalue weighted by Crippen LogP contribution is 2.21. The fraction of sp³-hybridized carbons (Fsp3) is 0.444. The van der Waals surface area contributed by atoms with Crippen molar-refractivity contribution in [2.75, 3.05) is 19.6 Å². The Balaban J connectivity index is 0.00000312. The van der Waals surface area contributed by atoms with Crippen LogP contribution in [-0.4, -0.2) is 30.6 Å². The van der Waals surface area contributed by atoms with Crippen molar-refractivity contribution in [1.82, 2.24) is 15.6 Å². The van der Waals surface area contributed by atoms with Gasteiger partial charge in [0.05, 0.1) is 17.8 Å². The van der Waals surface area contributed by atoms with Crippen molar-refractivity contribution in [2.45, 2.75) is 33.1 Å². The van der Waals surface area contributed by atoms with Gasteiger partial charge in [-0.2, -0.15) is 0 Å². The van der Waals surface area contributed by atoms with E-state index in [1.807, 2.05) is 25.3 Å². The first kappa shape index (κ1) is 21.7. The fourth-order valence-electron chi connectivity index (χ4n) is 2.07. The van der Waals surface area contributed by atoms with Crippen LogP contribution in [0.25, 0.3) is 0 Å². The molecule has 2 heterocycles. The number of hydrogen-bond acceptors (Lipinski definition) is 4. The molecule has 0 aliphatic carbocycles. The van der Waals surface area contributed by atoms with E-state index in [-0.39, 0.29) is 24.0 Å². The van der Waals surface area contributed by atoms with Gasteiger partial charge < -0.3 is 15.1 Å². The smallest absolute Gasteiger partial charge is 0.191 e. The number of rotatable bonds is 8. The van der Waals surface area contributed by atoms with Gasteiger partial charge in [0.15, 0.2) is 5.96 Å². The molecule has 0 saturated heterocycles. The van der Waals surface area contributed by atoms with Gasteiger partial charge in [-0.3, -0.25) is 4.99 Å². The fourth-order valence-corrected chi connectivity index (χ4v) is 2.89. The normalized spacial score (nSPS) is 12.4. The minimum atomic E-state index is 0. The first-order chi connectivity index (χ1) is 11.5. The Hall–Kier alpha value is -1.35. The molecule has 0 aliphatic rings. The third-order valence-electron chi connectivity index (χ3n) is 3.39. The standard InChI is InChI=1S/C18H26N4OS.HI/c1-13(2)10-21-18(19-8-7-16-6-5-9-23-16)22-11-14(3)17-20-12-15(4)24-17;/h5-6,9,12,14H,1,7-8,10-11H2,2-4H3,(H2,19,21,22);1H. The SMILES string of the molecule is C=C(C)CNC(=NCC(C)c1ncc(C)s1)NCCc1ccco1.I. The maximum atomic E-state index is 5.35. The van der Waals surface area contributed by atoms with Crippen LogP contribution in [0.2, 0.25) is 0 Å². The number of nitrogens with zero attached hydrogens (tertiary/aromatic N) is 2. The van der Waals surface area contributed by atoms with Crippen molar-refractivity contribution < 1.29 is 4.42 Å². The number of aryl methyl sites for hydroxylation is 1. The van der Waals surface area contributed by atoms with Crippen LogP contribution in [0.3, 0.4) is 0 Å². The Kier molecular flexibility index (Phi) is 9.81. The third-order valence-corrected chi connectivity index (χ3v) is 4.53. The summed E-state index contributed by atoms with van der Waals surface area (Å²) in [6.45, 7) is 12.3. The average Bonchev–Trinajstić information content (AvgIpc) is 3.20. The number of aromatic nitrogens is 1. The van der Waals surface area contributed by atoms with Gasteiger partial charge in [0.1, 0.15) is 5.76 Å². The maximum absolute atomic E-state index is 5.35. The lowest BCUT2D eigenvalue weighted by molar-refractivity contribution is 0.507. The summed E-state index contributed by atoms with van der Waals surface area (Å²) >= 11 is 1.73. The molecule has 5 nitrogen and oxygen atoms in total. The van der Waals surface area contributed by atoms with Gasteiger partial charge in [-0.05, 0) is 26.0 Å². The van der Waals surface area contributed by atoms with E-state index in [0.717, 1.165) is 35.3 Å². The zero-order valence-corrected chi connectivity index (χ0v) is 18.2. The van der Waals surface area contributed by atoms with Gasteiger partial charge in [0.25, 0.3) is 0 Å². The van der Waals surface area contributed by atoms with E-state index < -0.39 is 0 Å². The van der Waals surface area contributed by atoms with Crippen molar-refractivity contribution in [3.05, 3.63) is 52.4 Å². The van der Waals surface area contributed by atoms with E-state index in [0.29, 0.717) is 19.0 Å². The Morgan fingerprint density at radius 3 is 2.84 bits per heavy atom. The summed E-state index contributed by atoms with van der Waals surface area (Å²) in [4.78, 5) is 10.4. The van der Waals surface area contributed by atoms with Gasteiger partial charge in [0, 0.05) is 36.5 Å². The topological polar surface area (TPSA) is 62.5 Å². The summed E-state index contributed by atoms with van der Waals surface area (Å²) in [7, 11) is 0. The Bertz CT molecular complexity index is 666. The molecule has 0 saturated carbocycles. The highest BCUT2D eigenvalue weighted by molar-refractivity contribution is 14.0. The molecular formula is C18H27IN4OS. The first-order valence-corrected chi connectivity index (χ1v) is 8.97. The van der Waals surface area contributed by atoms with Crippen LogP contribution >= 0.6 is 35.3 Å². The zero-order valence-electron chi connectivity index (χ0n) is 15.0. The molecular weight excluding hydrogens is 447 g/mol. The molecule has 2 rings (SSSR count). The van der Waals surface area contributed by atoms with E-state index >= 15 is 0 Å². The van der Waals surface area contributed by atoms with Gasteiger partial charge in [-0.1, -0.05) is 19.1 Å². The van der Waals surface area contributed by atoms with Crippen molar-refractivity contribution in [3.63, 3.8) is 0 Å². The zero-order chi connectivity index (χ0) is 17.4. The highest BCUT2D eigenvalue weighted by atomic mass is 127. The van der Waals surface area contributed by atoms with E-state index in [1.54, 1.807) is 17.6 Å². The minimum absolute atomic E-state index is 0. The molecule has 0 aromatic carbocycles. The van der Waals surface area contributed by atoms with Gasteiger partial charge in [-0.25, -0.2) is 4.98 Å². The number of nitrogens with one attached hydrogen (secondary N) is 2. The van der Waals surface area contributed by atoms with Crippen molar-refractivity contribution >= 4 is 41.3 Å². The van der Waals surface area contributed by atoms with Crippen LogP contribution in [0.4, 0.5) is 0 Å². The molecule has 0 spiro atoms. The molecule has 2 aromatic rings. The van der Waals surface area contributed by atoms with Crippen LogP contribution in [0.1, 0.15) is 35.4 Å². The summed E-state index contributed by atoms with van der Waals surface area (Å²) in [5.41, 5.74) is 1.07. The first-order valence-electron chi connectivity index (χ1n) is 8.16. The number of thiazole rings is 1. The minimum Gasteiger partial charge on any atom is -0.469 e. The van der Waals surface area contributed by atoms with Crippen LogP contribution in [-0.2, 0) is 6.42 Å². The lowest BCUT2D eigenvalue weighted by Crippen LogP contribution is -2.39. The molecule has 25 heavy (non-hydrogen) atoms. The molecule has 2 aromatic heterocycles. The predicted octanol–water partition coefficient (Wildman–Crippen LogP) is 4.12. The average molecular weight is 474 g/mol. The van der Waals surface area contributed by atoms with Crippen LogP contribution in [0.5, 0.6) is 0 Å². The Labute approximate surface area is 171 Å². The molecule has 0 amide bonds. The second-order valence-electron chi connectivity index (χ2n) is 5.97. The second kappa shape index (κ2) is 11.3. The number of aliphatic imine (C=N–C) groups is 1. The number of hydrogen-bond donors (Lipinski definition) is 2. The molecule has 0 aliphatic heterocycles. The largest absolute Gasteiger partial charge is 0.469 e. The summed E-state index contributed by atoms with van der Waals surface area (Å²) in [6.07, 6.45) is 4.44. The lowest BCUT2D eigenvalue weighted by Gasteiger charge is -2.13. The van der Waals surface area contributed by atoms with Gasteiger partial charge in [0.2, 0.25) is 0 Å². The second-order valence-corrected chi connectivity index (χ2v) is 7.23. The molecule has 7 heteroatoms. The van der Waals surface area contributed by atoms with Crippen LogP contribution in [0.15, 0.2) is 46.2 Å². The molecule has 1 unspecified atom stereocenters. The molecule has 0 bridgehead atoms.